The number of nitrogens with one attached hydrogen (secondary N) is 1. The molecule has 2 heterocycles. The van der Waals surface area contributed by atoms with Crippen LogP contribution in [-0.4, -0.2) is 11.3 Å². The number of aromatic nitrogens is 1. The van der Waals surface area contributed by atoms with Gasteiger partial charge in [-0.15, -0.1) is 0 Å². The fraction of sp³-hybridized carbons (Fsp3) is 0.0833. The average Bonchev–Trinajstić information content (AvgIpc) is 2.44. The van der Waals surface area contributed by atoms with E-state index in [1.165, 1.54) is 0 Å². The number of fused-ring (bicyclic) bond motifs is 3. The van der Waals surface area contributed by atoms with Crippen molar-refractivity contribution >= 4 is 22.9 Å². The van der Waals surface area contributed by atoms with Gasteiger partial charge in [-0.1, -0.05) is 18.2 Å². The SMILES string of the molecule is O=c1cc2c(c3ccccc3n1)NC=NC2. The van der Waals surface area contributed by atoms with Crippen LogP contribution in [-0.2, 0) is 6.54 Å². The lowest BCUT2D eigenvalue weighted by molar-refractivity contribution is 1.06. The largest absolute Gasteiger partial charge is 0.346 e. The topological polar surface area (TPSA) is 54.4 Å². The predicted octanol–water partition coefficient (Wildman–Crippen LogP) is 1.55. The van der Waals surface area contributed by atoms with E-state index >= 15 is 0 Å². The summed E-state index contributed by atoms with van der Waals surface area (Å²) in [4.78, 5) is 19.7. The minimum atomic E-state index is -0.226. The number of rotatable bonds is 0. The van der Waals surface area contributed by atoms with Crippen molar-refractivity contribution in [2.24, 2.45) is 4.99 Å². The van der Waals surface area contributed by atoms with Gasteiger partial charge in [-0.3, -0.25) is 9.79 Å². The fourth-order valence-electron chi connectivity index (χ4n) is 1.88. The molecule has 4 heteroatoms. The monoisotopic (exact) mass is 211 g/mol. The molecule has 0 unspecified atom stereocenters. The molecule has 0 amide bonds. The van der Waals surface area contributed by atoms with E-state index in [-0.39, 0.29) is 5.56 Å². The Hall–Kier alpha value is -2.23. The van der Waals surface area contributed by atoms with Crippen LogP contribution in [0.25, 0.3) is 10.9 Å². The summed E-state index contributed by atoms with van der Waals surface area (Å²) in [5, 5.41) is 4.03. The van der Waals surface area contributed by atoms with Crippen LogP contribution in [0.2, 0.25) is 0 Å². The minimum Gasteiger partial charge on any atom is -0.346 e. The van der Waals surface area contributed by atoms with Crippen molar-refractivity contribution in [3.05, 3.63) is 46.2 Å². The highest BCUT2D eigenvalue weighted by molar-refractivity contribution is 5.97. The summed E-state index contributed by atoms with van der Waals surface area (Å²) in [5.41, 5.74) is 2.30. The van der Waals surface area contributed by atoms with Crippen LogP contribution in [0.15, 0.2) is 40.1 Å². The van der Waals surface area contributed by atoms with Gasteiger partial charge in [0.05, 0.1) is 24.1 Å². The van der Waals surface area contributed by atoms with Gasteiger partial charge in [0, 0.05) is 17.0 Å². The number of aliphatic imine (C=N–C) groups is 1. The van der Waals surface area contributed by atoms with Crippen LogP contribution in [0.4, 0.5) is 5.69 Å². The summed E-state index contributed by atoms with van der Waals surface area (Å²) >= 11 is 0. The van der Waals surface area contributed by atoms with Gasteiger partial charge in [0.2, 0.25) is 0 Å². The second-order valence-electron chi connectivity index (χ2n) is 3.63. The van der Waals surface area contributed by atoms with E-state index in [4.69, 9.17) is 0 Å². The van der Waals surface area contributed by atoms with Crippen LogP contribution >= 0.6 is 0 Å². The first-order chi connectivity index (χ1) is 7.84. The summed E-state index contributed by atoms with van der Waals surface area (Å²) in [6, 6.07) is 9.14. The molecule has 1 aliphatic rings. The van der Waals surface area contributed by atoms with Crippen molar-refractivity contribution in [1.29, 1.82) is 0 Å². The molecule has 78 valence electrons. The third-order valence-electron chi connectivity index (χ3n) is 2.58. The first-order valence-corrected chi connectivity index (χ1v) is 5.02. The summed E-state index contributed by atoms with van der Waals surface area (Å²) in [7, 11) is 0. The molecule has 1 N–H and O–H groups in total. The van der Waals surface area contributed by atoms with Crippen molar-refractivity contribution < 1.29 is 0 Å². The Labute approximate surface area is 91.7 Å². The third kappa shape index (κ3) is 1.35. The smallest absolute Gasteiger partial charge is 0.270 e. The number of hydrogen-bond donors (Lipinski definition) is 1. The predicted molar refractivity (Wildman–Crippen MR) is 63.8 cm³/mol. The molecule has 1 aromatic heterocycles. The molecule has 1 aliphatic heterocycles. The maximum Gasteiger partial charge on any atom is 0.270 e. The zero-order chi connectivity index (χ0) is 11.0. The highest BCUT2D eigenvalue weighted by atomic mass is 16.1. The van der Waals surface area contributed by atoms with Crippen molar-refractivity contribution in [2.75, 3.05) is 5.32 Å². The minimum absolute atomic E-state index is 0.226. The molecule has 0 saturated carbocycles. The first-order valence-electron chi connectivity index (χ1n) is 5.02. The van der Waals surface area contributed by atoms with Crippen molar-refractivity contribution in [3.63, 3.8) is 0 Å². The Morgan fingerprint density at radius 1 is 1.25 bits per heavy atom. The number of anilines is 1. The lowest BCUT2D eigenvalue weighted by atomic mass is 10.1. The fourth-order valence-corrected chi connectivity index (χ4v) is 1.88. The maximum absolute atomic E-state index is 11.6. The maximum atomic E-state index is 11.6. The van der Waals surface area contributed by atoms with Gasteiger partial charge in [-0.25, -0.2) is 4.98 Å². The number of benzene rings is 1. The molecule has 0 bridgehead atoms. The Balaban J connectivity index is 2.51. The second-order valence-corrected chi connectivity index (χ2v) is 3.63. The lowest BCUT2D eigenvalue weighted by Crippen LogP contribution is -2.05. The average molecular weight is 211 g/mol. The van der Waals surface area contributed by atoms with E-state index in [2.05, 4.69) is 15.3 Å². The molecule has 3 rings (SSSR count). The van der Waals surface area contributed by atoms with Gasteiger partial charge in [0.15, 0.2) is 0 Å². The van der Waals surface area contributed by atoms with E-state index in [1.807, 2.05) is 24.3 Å². The second kappa shape index (κ2) is 3.41. The third-order valence-corrected chi connectivity index (χ3v) is 2.58. The lowest BCUT2D eigenvalue weighted by Gasteiger charge is -2.10. The van der Waals surface area contributed by atoms with E-state index in [0.717, 1.165) is 16.6 Å². The molecule has 2 aromatic rings. The Morgan fingerprint density at radius 3 is 3.06 bits per heavy atom. The van der Waals surface area contributed by atoms with E-state index in [9.17, 15) is 4.79 Å². The summed E-state index contributed by atoms with van der Waals surface area (Å²) in [6.07, 6.45) is 1.65. The normalized spacial score (nSPS) is 13.2. The van der Waals surface area contributed by atoms with Gasteiger partial charge in [-0.2, -0.15) is 0 Å². The van der Waals surface area contributed by atoms with Crippen LogP contribution in [0, 0.1) is 0 Å². The molecule has 16 heavy (non-hydrogen) atoms. The van der Waals surface area contributed by atoms with Gasteiger partial charge in [0.25, 0.3) is 5.56 Å². The molecule has 0 aliphatic carbocycles. The highest BCUT2D eigenvalue weighted by Crippen LogP contribution is 2.25. The van der Waals surface area contributed by atoms with Crippen LogP contribution in [0.5, 0.6) is 0 Å². The van der Waals surface area contributed by atoms with Crippen molar-refractivity contribution in [1.82, 2.24) is 4.98 Å². The summed E-state index contributed by atoms with van der Waals surface area (Å²) < 4.78 is 0. The van der Waals surface area contributed by atoms with E-state index < -0.39 is 0 Å². The molecular formula is C12H9N3O. The Morgan fingerprint density at radius 2 is 2.12 bits per heavy atom. The molecule has 0 atom stereocenters. The highest BCUT2D eigenvalue weighted by Gasteiger charge is 2.09. The van der Waals surface area contributed by atoms with Gasteiger partial charge in [-0.05, 0) is 6.07 Å². The van der Waals surface area contributed by atoms with Crippen LogP contribution in [0.1, 0.15) is 5.56 Å². The Kier molecular flexibility index (Phi) is 1.93. The summed E-state index contributed by atoms with van der Waals surface area (Å²) in [5.74, 6) is 0. The number of para-hydroxylation sites is 1. The van der Waals surface area contributed by atoms with Crippen LogP contribution < -0.4 is 10.9 Å². The van der Waals surface area contributed by atoms with E-state index in [0.29, 0.717) is 12.1 Å². The van der Waals surface area contributed by atoms with Crippen molar-refractivity contribution in [2.45, 2.75) is 6.54 Å². The Bertz CT molecular complexity index is 649. The van der Waals surface area contributed by atoms with Crippen LogP contribution in [0.3, 0.4) is 0 Å². The van der Waals surface area contributed by atoms with Gasteiger partial charge < -0.3 is 5.32 Å². The van der Waals surface area contributed by atoms with E-state index in [1.54, 1.807) is 12.4 Å². The zero-order valence-corrected chi connectivity index (χ0v) is 8.47. The standard InChI is InChI=1S/C12H9N3O/c16-11-5-8-6-13-7-14-12(8)9-3-1-2-4-10(9)15-11/h1-5,7H,6H2,(H,13,14). The molecule has 0 saturated heterocycles. The first kappa shape index (κ1) is 9.03. The molecule has 1 aromatic carbocycles. The molecule has 0 fully saturated rings. The molecule has 4 nitrogen and oxygen atoms in total. The van der Waals surface area contributed by atoms with Gasteiger partial charge in [0.1, 0.15) is 0 Å². The molecule has 0 radical (unpaired) electrons. The molecule has 0 spiro atoms. The number of hydrogen-bond acceptors (Lipinski definition) is 4. The summed E-state index contributed by atoms with van der Waals surface area (Å²) in [6.45, 7) is 0.526. The number of nitrogens with zero attached hydrogens (tertiary/aromatic N) is 2. The van der Waals surface area contributed by atoms with Crippen molar-refractivity contribution in [3.8, 4) is 0 Å². The zero-order valence-electron chi connectivity index (χ0n) is 8.47. The molecular weight excluding hydrogens is 202 g/mol. The van der Waals surface area contributed by atoms with Gasteiger partial charge >= 0.3 is 0 Å². The quantitative estimate of drug-likeness (QED) is 0.719.